The Morgan fingerprint density at radius 1 is 1.06 bits per heavy atom. The van der Waals surface area contributed by atoms with E-state index in [9.17, 15) is 9.18 Å². The average Bonchev–Trinajstić information content (AvgIpc) is 3.27. The molecule has 8 heteroatoms. The Kier molecular flexibility index (Phi) is 6.87. The van der Waals surface area contributed by atoms with Crippen LogP contribution in [-0.4, -0.2) is 34.4 Å². The molecule has 1 amide bonds. The first-order valence-corrected chi connectivity index (χ1v) is 10.8. The lowest BCUT2D eigenvalue weighted by atomic mass is 10.2. The maximum Gasteiger partial charge on any atom is 0.336 e. The molecule has 0 saturated heterocycles. The fourth-order valence-corrected chi connectivity index (χ4v) is 3.24. The summed E-state index contributed by atoms with van der Waals surface area (Å²) < 4.78 is 26.3. The van der Waals surface area contributed by atoms with E-state index in [4.69, 9.17) is 9.47 Å². The number of methoxy groups -OCH3 is 1. The second-order valence-corrected chi connectivity index (χ2v) is 8.08. The summed E-state index contributed by atoms with van der Waals surface area (Å²) in [5.74, 6) is 0.738. The van der Waals surface area contributed by atoms with Crippen LogP contribution < -0.4 is 14.8 Å². The molecule has 34 heavy (non-hydrogen) atoms. The molecule has 0 bridgehead atoms. The van der Waals surface area contributed by atoms with Crippen molar-refractivity contribution in [1.82, 2.24) is 14.8 Å². The number of rotatable bonds is 8. The van der Waals surface area contributed by atoms with Crippen LogP contribution in [0.1, 0.15) is 24.2 Å². The zero-order chi connectivity index (χ0) is 24.1. The van der Waals surface area contributed by atoms with Gasteiger partial charge in [-0.05, 0) is 60.5 Å². The van der Waals surface area contributed by atoms with Crippen molar-refractivity contribution in [2.24, 2.45) is 5.92 Å². The number of halogens is 1. The van der Waals surface area contributed by atoms with Crippen molar-refractivity contribution >= 4 is 11.6 Å². The van der Waals surface area contributed by atoms with Crippen molar-refractivity contribution in [1.29, 1.82) is 0 Å². The number of nitrogens with zero attached hydrogens (tertiary/aromatic N) is 3. The van der Waals surface area contributed by atoms with Crippen LogP contribution in [0.2, 0.25) is 0 Å². The highest BCUT2D eigenvalue weighted by Gasteiger charge is 2.16. The predicted molar refractivity (Wildman–Crippen MR) is 128 cm³/mol. The molecule has 0 saturated carbocycles. The Bertz CT molecular complexity index is 1290. The number of amides is 1. The Morgan fingerprint density at radius 3 is 2.53 bits per heavy atom. The van der Waals surface area contributed by atoms with Crippen LogP contribution in [0.5, 0.6) is 11.8 Å². The van der Waals surface area contributed by atoms with E-state index in [-0.39, 0.29) is 17.7 Å². The van der Waals surface area contributed by atoms with Crippen LogP contribution in [-0.2, 0) is 0 Å². The Hall–Kier alpha value is -4.20. The highest BCUT2D eigenvalue weighted by molar-refractivity contribution is 6.04. The van der Waals surface area contributed by atoms with Crippen molar-refractivity contribution in [3.63, 3.8) is 0 Å². The first-order valence-electron chi connectivity index (χ1n) is 10.8. The molecular weight excluding hydrogens is 435 g/mol. The van der Waals surface area contributed by atoms with Gasteiger partial charge in [-0.15, -0.1) is 5.10 Å². The van der Waals surface area contributed by atoms with Gasteiger partial charge in [-0.1, -0.05) is 32.0 Å². The van der Waals surface area contributed by atoms with Crippen molar-refractivity contribution in [2.75, 3.05) is 19.0 Å². The number of benzene rings is 3. The zero-order valence-corrected chi connectivity index (χ0v) is 19.2. The highest BCUT2D eigenvalue weighted by Crippen LogP contribution is 2.25. The molecule has 0 fully saturated rings. The zero-order valence-electron chi connectivity index (χ0n) is 19.2. The third kappa shape index (κ3) is 5.40. The van der Waals surface area contributed by atoms with E-state index in [1.165, 1.54) is 12.1 Å². The van der Waals surface area contributed by atoms with E-state index in [0.717, 1.165) is 0 Å². The molecule has 0 atom stereocenters. The third-order valence-corrected chi connectivity index (χ3v) is 4.92. The van der Waals surface area contributed by atoms with E-state index < -0.39 is 0 Å². The normalized spacial score (nSPS) is 10.9. The lowest BCUT2D eigenvalue weighted by molar-refractivity contribution is 0.102. The van der Waals surface area contributed by atoms with Gasteiger partial charge >= 0.3 is 6.01 Å². The lowest BCUT2D eigenvalue weighted by Crippen LogP contribution is -2.12. The second kappa shape index (κ2) is 10.2. The molecule has 4 aromatic rings. The van der Waals surface area contributed by atoms with E-state index in [1.54, 1.807) is 72.5 Å². The summed E-state index contributed by atoms with van der Waals surface area (Å²) in [6.07, 6.45) is 0. The molecule has 0 spiro atoms. The SMILES string of the molecule is COc1cccc(C(=O)Nc2ccc(-n3nc(OCC(C)C)nc3-c3cccc(F)c3)cc2)c1. The molecule has 0 radical (unpaired) electrons. The van der Waals surface area contributed by atoms with Gasteiger partial charge in [0.25, 0.3) is 5.91 Å². The molecule has 3 aromatic carbocycles. The van der Waals surface area contributed by atoms with Gasteiger partial charge in [-0.25, -0.2) is 9.07 Å². The minimum absolute atomic E-state index is 0.211. The number of hydrogen-bond acceptors (Lipinski definition) is 5. The topological polar surface area (TPSA) is 78.3 Å². The lowest BCUT2D eigenvalue weighted by Gasteiger charge is -2.09. The largest absolute Gasteiger partial charge is 0.497 e. The van der Waals surface area contributed by atoms with Gasteiger partial charge in [0.15, 0.2) is 5.82 Å². The monoisotopic (exact) mass is 460 g/mol. The molecule has 1 heterocycles. The number of carbonyl (C=O) groups excluding carboxylic acids is 1. The molecular formula is C26H25FN4O3. The fraction of sp³-hybridized carbons (Fsp3) is 0.192. The first-order chi connectivity index (χ1) is 16.4. The van der Waals surface area contributed by atoms with E-state index in [0.29, 0.717) is 46.6 Å². The maximum absolute atomic E-state index is 13.9. The van der Waals surface area contributed by atoms with Gasteiger partial charge in [-0.3, -0.25) is 4.79 Å². The maximum atomic E-state index is 13.9. The van der Waals surface area contributed by atoms with Crippen LogP contribution in [0.15, 0.2) is 72.8 Å². The summed E-state index contributed by atoms with van der Waals surface area (Å²) in [5.41, 5.74) is 2.35. The van der Waals surface area contributed by atoms with Gasteiger partial charge in [-0.2, -0.15) is 4.98 Å². The van der Waals surface area contributed by atoms with Gasteiger partial charge in [0, 0.05) is 16.8 Å². The molecule has 0 unspecified atom stereocenters. The van der Waals surface area contributed by atoms with Gasteiger partial charge in [0.1, 0.15) is 11.6 Å². The molecule has 0 aliphatic heterocycles. The van der Waals surface area contributed by atoms with E-state index >= 15 is 0 Å². The summed E-state index contributed by atoms with van der Waals surface area (Å²) in [6, 6.07) is 20.4. The molecule has 1 aromatic heterocycles. The third-order valence-electron chi connectivity index (χ3n) is 4.92. The summed E-state index contributed by atoms with van der Waals surface area (Å²) in [5, 5.41) is 7.34. The number of nitrogens with one attached hydrogen (secondary N) is 1. The summed E-state index contributed by atoms with van der Waals surface area (Å²) in [6.45, 7) is 4.52. The summed E-state index contributed by atoms with van der Waals surface area (Å²) >= 11 is 0. The number of carbonyl (C=O) groups is 1. The number of hydrogen-bond donors (Lipinski definition) is 1. The van der Waals surface area contributed by atoms with E-state index in [1.807, 2.05) is 13.8 Å². The van der Waals surface area contributed by atoms with Crippen molar-refractivity contribution in [3.8, 4) is 28.8 Å². The summed E-state index contributed by atoms with van der Waals surface area (Å²) in [4.78, 5) is 17.1. The van der Waals surface area contributed by atoms with Crippen molar-refractivity contribution < 1.29 is 18.7 Å². The smallest absolute Gasteiger partial charge is 0.336 e. The minimum Gasteiger partial charge on any atom is -0.497 e. The minimum atomic E-state index is -0.368. The van der Waals surface area contributed by atoms with Gasteiger partial charge in [0.05, 0.1) is 19.4 Å². The average molecular weight is 461 g/mol. The molecule has 7 nitrogen and oxygen atoms in total. The number of ether oxygens (including phenoxy) is 2. The fourth-order valence-electron chi connectivity index (χ4n) is 3.24. The van der Waals surface area contributed by atoms with Crippen molar-refractivity contribution in [3.05, 3.63) is 84.2 Å². The Labute approximate surface area is 197 Å². The van der Waals surface area contributed by atoms with Crippen LogP contribution in [0.25, 0.3) is 17.1 Å². The Balaban J connectivity index is 1.60. The van der Waals surface area contributed by atoms with Crippen LogP contribution in [0, 0.1) is 11.7 Å². The predicted octanol–water partition coefficient (Wildman–Crippen LogP) is 5.37. The Morgan fingerprint density at radius 2 is 1.82 bits per heavy atom. The quantitative estimate of drug-likeness (QED) is 0.383. The molecule has 0 aliphatic rings. The van der Waals surface area contributed by atoms with Crippen molar-refractivity contribution in [2.45, 2.75) is 13.8 Å². The number of aromatic nitrogens is 3. The molecule has 4 rings (SSSR count). The highest BCUT2D eigenvalue weighted by atomic mass is 19.1. The van der Waals surface area contributed by atoms with Crippen LogP contribution in [0.4, 0.5) is 10.1 Å². The molecule has 0 aliphatic carbocycles. The molecule has 1 N–H and O–H groups in total. The van der Waals surface area contributed by atoms with Crippen LogP contribution in [0.3, 0.4) is 0 Å². The van der Waals surface area contributed by atoms with Gasteiger partial charge in [0.2, 0.25) is 0 Å². The summed E-state index contributed by atoms with van der Waals surface area (Å²) in [7, 11) is 1.55. The number of anilines is 1. The first kappa shape index (κ1) is 23.0. The standard InChI is InChI=1S/C26H25FN4O3/c1-17(2)16-34-26-29-24(18-6-4-8-20(27)14-18)31(30-26)22-12-10-21(11-13-22)28-25(32)19-7-5-9-23(15-19)33-3/h4-15,17H,16H2,1-3H3,(H,28,32). The van der Waals surface area contributed by atoms with Gasteiger partial charge < -0.3 is 14.8 Å². The van der Waals surface area contributed by atoms with E-state index in [2.05, 4.69) is 15.4 Å². The second-order valence-electron chi connectivity index (χ2n) is 8.08. The van der Waals surface area contributed by atoms with Crippen LogP contribution >= 0.6 is 0 Å². The molecule has 174 valence electrons.